The zero-order valence-corrected chi connectivity index (χ0v) is 19.1. The van der Waals surface area contributed by atoms with E-state index in [-0.39, 0.29) is 11.9 Å². The van der Waals surface area contributed by atoms with E-state index in [0.29, 0.717) is 0 Å². The van der Waals surface area contributed by atoms with Crippen LogP contribution in [0.5, 0.6) is 0 Å². The molecule has 0 spiro atoms. The molecule has 0 saturated heterocycles. The highest BCUT2D eigenvalue weighted by molar-refractivity contribution is 5.87. The summed E-state index contributed by atoms with van der Waals surface area (Å²) in [6, 6.07) is 18.8. The van der Waals surface area contributed by atoms with Gasteiger partial charge in [-0.25, -0.2) is 4.79 Å². The van der Waals surface area contributed by atoms with Crippen molar-refractivity contribution in [3.05, 3.63) is 71.8 Å². The Morgan fingerprint density at radius 2 is 1.27 bits per heavy atom. The van der Waals surface area contributed by atoms with Crippen LogP contribution in [0.4, 0.5) is 4.79 Å². The van der Waals surface area contributed by atoms with Gasteiger partial charge in [-0.3, -0.25) is 4.79 Å². The number of benzene rings is 2. The molecule has 1 N–H and O–H groups in total. The normalized spacial score (nSPS) is 12.9. The maximum absolute atomic E-state index is 13.6. The van der Waals surface area contributed by atoms with Crippen LogP contribution in [0.2, 0.25) is 0 Å². The van der Waals surface area contributed by atoms with Crippen LogP contribution in [0, 0.1) is 5.41 Å². The van der Waals surface area contributed by atoms with E-state index in [1.165, 1.54) is 0 Å². The van der Waals surface area contributed by atoms with Crippen molar-refractivity contribution in [1.82, 2.24) is 10.2 Å². The van der Waals surface area contributed by atoms with Gasteiger partial charge in [0.25, 0.3) is 0 Å². The monoisotopic (exact) mass is 410 g/mol. The molecule has 0 aromatic heterocycles. The Labute approximate surface area is 180 Å². The van der Waals surface area contributed by atoms with E-state index in [9.17, 15) is 9.59 Å². The van der Waals surface area contributed by atoms with Crippen LogP contribution in [0.3, 0.4) is 0 Å². The van der Waals surface area contributed by atoms with Gasteiger partial charge in [0.05, 0.1) is 6.04 Å². The number of ether oxygens (including phenoxy) is 1. The fourth-order valence-electron chi connectivity index (χ4n) is 3.32. The van der Waals surface area contributed by atoms with Crippen molar-refractivity contribution in [3.8, 4) is 0 Å². The minimum absolute atomic E-state index is 0.175. The molecular formula is C25H34N2O3. The zero-order chi connectivity index (χ0) is 22.5. The number of rotatable bonds is 5. The van der Waals surface area contributed by atoms with Crippen molar-refractivity contribution in [2.45, 2.75) is 59.2 Å². The lowest BCUT2D eigenvalue weighted by atomic mass is 9.85. The molecule has 1 atom stereocenters. The van der Waals surface area contributed by atoms with Crippen molar-refractivity contribution >= 4 is 12.0 Å². The summed E-state index contributed by atoms with van der Waals surface area (Å²) >= 11 is 0. The van der Waals surface area contributed by atoms with Gasteiger partial charge in [0, 0.05) is 7.05 Å². The predicted octanol–water partition coefficient (Wildman–Crippen LogP) is 5.17. The van der Waals surface area contributed by atoms with Crippen molar-refractivity contribution in [2.75, 3.05) is 7.05 Å². The van der Waals surface area contributed by atoms with Gasteiger partial charge in [0.2, 0.25) is 5.91 Å². The van der Waals surface area contributed by atoms with Crippen LogP contribution in [-0.2, 0) is 9.53 Å². The largest absolute Gasteiger partial charge is 0.444 e. The topological polar surface area (TPSA) is 58.6 Å². The minimum Gasteiger partial charge on any atom is -0.444 e. The molecule has 5 heteroatoms. The number of nitrogens with zero attached hydrogens (tertiary/aromatic N) is 1. The third-order valence-electron chi connectivity index (χ3n) is 4.74. The molecule has 0 aliphatic carbocycles. The Hall–Kier alpha value is -2.82. The Morgan fingerprint density at radius 1 is 0.833 bits per heavy atom. The zero-order valence-electron chi connectivity index (χ0n) is 19.1. The first-order chi connectivity index (χ1) is 13.9. The lowest BCUT2D eigenvalue weighted by Crippen LogP contribution is -2.55. The summed E-state index contributed by atoms with van der Waals surface area (Å²) in [5.74, 6) is -0.175. The van der Waals surface area contributed by atoms with Gasteiger partial charge in [0.1, 0.15) is 11.6 Å². The van der Waals surface area contributed by atoms with Crippen LogP contribution >= 0.6 is 0 Å². The number of amides is 2. The molecule has 2 aromatic carbocycles. The van der Waals surface area contributed by atoms with E-state index >= 15 is 0 Å². The Balaban J connectivity index is 2.38. The lowest BCUT2D eigenvalue weighted by molar-refractivity contribution is -0.136. The average Bonchev–Trinajstić information content (AvgIpc) is 2.65. The number of hydrogen-bond donors (Lipinski definition) is 1. The second kappa shape index (κ2) is 9.33. The van der Waals surface area contributed by atoms with E-state index in [1.807, 2.05) is 81.4 Å². The molecule has 0 radical (unpaired) electrons. The fraction of sp³-hybridized carbons (Fsp3) is 0.440. The molecule has 0 unspecified atom stereocenters. The highest BCUT2D eigenvalue weighted by Gasteiger charge is 2.38. The van der Waals surface area contributed by atoms with Crippen molar-refractivity contribution < 1.29 is 14.3 Å². The summed E-state index contributed by atoms with van der Waals surface area (Å²) in [4.78, 5) is 27.8. The maximum Gasteiger partial charge on any atom is 0.408 e. The first kappa shape index (κ1) is 23.5. The summed E-state index contributed by atoms with van der Waals surface area (Å²) < 4.78 is 5.40. The van der Waals surface area contributed by atoms with Gasteiger partial charge in [-0.2, -0.15) is 0 Å². The highest BCUT2D eigenvalue weighted by atomic mass is 16.6. The second-order valence-electron chi connectivity index (χ2n) is 9.62. The summed E-state index contributed by atoms with van der Waals surface area (Å²) in [5, 5.41) is 2.80. The van der Waals surface area contributed by atoms with Gasteiger partial charge in [-0.05, 0) is 37.3 Å². The van der Waals surface area contributed by atoms with Gasteiger partial charge >= 0.3 is 6.09 Å². The first-order valence-electron chi connectivity index (χ1n) is 10.3. The molecule has 2 amide bonds. The van der Waals surface area contributed by atoms with E-state index in [2.05, 4.69) is 5.32 Å². The molecule has 0 saturated carbocycles. The van der Waals surface area contributed by atoms with Gasteiger partial charge in [-0.1, -0.05) is 81.4 Å². The van der Waals surface area contributed by atoms with E-state index < -0.39 is 23.2 Å². The van der Waals surface area contributed by atoms with Crippen molar-refractivity contribution in [3.63, 3.8) is 0 Å². The standard InChI is InChI=1S/C25H34N2O3/c1-24(2,3)21(26-23(29)30-25(4,5)6)22(28)27(7)20(18-14-10-8-11-15-18)19-16-12-9-13-17-19/h8-17,20-21H,1-7H3,(H,26,29)/t21-/m0/s1. The van der Waals surface area contributed by atoms with Gasteiger partial charge in [0.15, 0.2) is 0 Å². The van der Waals surface area contributed by atoms with Crippen LogP contribution in [0.25, 0.3) is 0 Å². The van der Waals surface area contributed by atoms with Crippen LogP contribution in [0.15, 0.2) is 60.7 Å². The van der Waals surface area contributed by atoms with Crippen LogP contribution in [-0.4, -0.2) is 35.6 Å². The highest BCUT2D eigenvalue weighted by Crippen LogP contribution is 2.30. The molecule has 2 aromatic rings. The molecule has 30 heavy (non-hydrogen) atoms. The quantitative estimate of drug-likeness (QED) is 0.739. The average molecular weight is 411 g/mol. The third-order valence-corrected chi connectivity index (χ3v) is 4.74. The molecule has 162 valence electrons. The fourth-order valence-corrected chi connectivity index (χ4v) is 3.32. The summed E-state index contributed by atoms with van der Waals surface area (Å²) in [6.07, 6.45) is -0.597. The van der Waals surface area contributed by atoms with Crippen molar-refractivity contribution in [1.29, 1.82) is 0 Å². The lowest BCUT2D eigenvalue weighted by Gasteiger charge is -2.37. The molecule has 2 rings (SSSR count). The number of carbonyl (C=O) groups is 2. The molecule has 0 aliphatic heterocycles. The molecule has 0 bridgehead atoms. The Bertz CT molecular complexity index is 797. The van der Waals surface area contributed by atoms with Gasteiger partial charge < -0.3 is 15.0 Å². The van der Waals surface area contributed by atoms with E-state index in [0.717, 1.165) is 11.1 Å². The number of likely N-dealkylation sites (N-methyl/N-ethyl adjacent to an activating group) is 1. The van der Waals surface area contributed by atoms with Crippen LogP contribution in [0.1, 0.15) is 58.7 Å². The third kappa shape index (κ3) is 6.34. The molecule has 0 fully saturated rings. The summed E-state index contributed by atoms with van der Waals surface area (Å²) in [6.45, 7) is 11.2. The smallest absolute Gasteiger partial charge is 0.408 e. The number of nitrogens with one attached hydrogen (secondary N) is 1. The molecule has 0 heterocycles. The Morgan fingerprint density at radius 3 is 1.63 bits per heavy atom. The molecule has 0 aliphatic rings. The Kier molecular flexibility index (Phi) is 7.30. The summed E-state index contributed by atoms with van der Waals surface area (Å²) in [7, 11) is 1.78. The van der Waals surface area contributed by atoms with Gasteiger partial charge in [-0.15, -0.1) is 0 Å². The minimum atomic E-state index is -0.743. The summed E-state index contributed by atoms with van der Waals surface area (Å²) in [5.41, 5.74) is 0.868. The predicted molar refractivity (Wildman–Crippen MR) is 120 cm³/mol. The maximum atomic E-state index is 13.6. The molecule has 5 nitrogen and oxygen atoms in total. The second-order valence-corrected chi connectivity index (χ2v) is 9.62. The van der Waals surface area contributed by atoms with E-state index in [4.69, 9.17) is 4.74 Å². The molecular weight excluding hydrogens is 376 g/mol. The van der Waals surface area contributed by atoms with E-state index in [1.54, 1.807) is 32.7 Å². The SMILES string of the molecule is CN(C(=O)[C@H](NC(=O)OC(C)(C)C)C(C)(C)C)C(c1ccccc1)c1ccccc1. The number of hydrogen-bond acceptors (Lipinski definition) is 3. The number of carbonyl (C=O) groups excluding carboxylic acids is 2. The van der Waals surface area contributed by atoms with Crippen LogP contribution < -0.4 is 5.32 Å². The number of alkyl carbamates (subject to hydrolysis) is 1. The first-order valence-corrected chi connectivity index (χ1v) is 10.3. The van der Waals surface area contributed by atoms with Crippen molar-refractivity contribution in [2.24, 2.45) is 5.41 Å².